The summed E-state index contributed by atoms with van der Waals surface area (Å²) in [5, 5.41) is 0. The van der Waals surface area contributed by atoms with Crippen LogP contribution in [0.15, 0.2) is 22.8 Å². The highest BCUT2D eigenvalue weighted by Crippen LogP contribution is 2.10. The van der Waals surface area contributed by atoms with Crippen LogP contribution in [0.2, 0.25) is 0 Å². The molecule has 0 atom stereocenters. The Morgan fingerprint density at radius 2 is 1.27 bits per heavy atom. The molecule has 0 fully saturated rings. The van der Waals surface area contributed by atoms with E-state index in [1.807, 2.05) is 0 Å². The normalized spacial score (nSPS) is 9.05. The second-order valence-electron chi connectivity index (χ2n) is 5.78. The molecule has 0 bridgehead atoms. The molecule has 0 spiro atoms. The van der Waals surface area contributed by atoms with E-state index in [2.05, 4.69) is 61.5 Å². The molecule has 0 aliphatic heterocycles. The molecule has 0 aromatic carbocycles. The van der Waals surface area contributed by atoms with Crippen LogP contribution in [-0.2, 0) is 0 Å². The molecular weight excluding hydrogens is 264 g/mol. The van der Waals surface area contributed by atoms with Crippen LogP contribution in [0.25, 0.3) is 0 Å². The molecule has 22 heavy (non-hydrogen) atoms. The van der Waals surface area contributed by atoms with Gasteiger partial charge in [0, 0.05) is 0 Å². The Kier molecular flexibility index (Phi) is 43.5. The third-order valence-corrected chi connectivity index (χ3v) is 3.42. The molecule has 0 nitrogen and oxygen atoms in total. The molecule has 0 saturated carbocycles. The number of rotatable bonds is 6. The molecule has 0 rings (SSSR count). The molecule has 0 aromatic heterocycles. The Morgan fingerprint density at radius 3 is 1.55 bits per heavy atom. The third kappa shape index (κ3) is 27.8. The van der Waals surface area contributed by atoms with E-state index in [0.717, 1.165) is 5.92 Å². The van der Waals surface area contributed by atoms with Crippen molar-refractivity contribution < 1.29 is 0 Å². The van der Waals surface area contributed by atoms with Crippen LogP contribution >= 0.6 is 0 Å². The van der Waals surface area contributed by atoms with Gasteiger partial charge in [-0.1, -0.05) is 93.0 Å². The van der Waals surface area contributed by atoms with Gasteiger partial charge in [0.15, 0.2) is 0 Å². The van der Waals surface area contributed by atoms with Gasteiger partial charge in [-0.25, -0.2) is 0 Å². The molecule has 0 aliphatic rings. The van der Waals surface area contributed by atoms with Gasteiger partial charge in [0.25, 0.3) is 0 Å². The molecule has 0 aliphatic carbocycles. The maximum Gasteiger partial charge on any atom is -0.0263 e. The first-order valence-electron chi connectivity index (χ1n) is 7.66. The largest absolute Gasteiger partial charge is 0.0854 e. The smallest absolute Gasteiger partial charge is 0.0263 e. The van der Waals surface area contributed by atoms with Gasteiger partial charge in [-0.2, -0.15) is 0 Å². The monoisotopic (exact) mass is 316 g/mol. The van der Waals surface area contributed by atoms with Crippen molar-refractivity contribution in [3.63, 3.8) is 0 Å². The lowest BCUT2D eigenvalue weighted by Gasteiger charge is -2.02. The van der Waals surface area contributed by atoms with Crippen LogP contribution < -0.4 is 0 Å². The first-order chi connectivity index (χ1) is 8.36. The van der Waals surface area contributed by atoms with Crippen molar-refractivity contribution >= 4 is 0 Å². The van der Waals surface area contributed by atoms with Gasteiger partial charge in [-0.05, 0) is 52.9 Å². The zero-order valence-electron chi connectivity index (χ0n) is 14.2. The van der Waals surface area contributed by atoms with Gasteiger partial charge in [-0.3, -0.25) is 0 Å². The van der Waals surface area contributed by atoms with Crippen molar-refractivity contribution in [2.24, 2.45) is 5.92 Å². The third-order valence-electron chi connectivity index (χ3n) is 3.42. The van der Waals surface area contributed by atoms with Gasteiger partial charge in [0.2, 0.25) is 0 Å². The predicted octanol–water partition coefficient (Wildman–Crippen LogP) is 9.47. The molecule has 0 saturated heterocycles. The van der Waals surface area contributed by atoms with Crippen LogP contribution in [0.3, 0.4) is 0 Å². The van der Waals surface area contributed by atoms with E-state index in [4.69, 9.17) is 0 Å². The van der Waals surface area contributed by atoms with Crippen molar-refractivity contribution in [3.8, 4) is 0 Å². The van der Waals surface area contributed by atoms with Gasteiger partial charge in [0.1, 0.15) is 0 Å². The second kappa shape index (κ2) is 25.4. The molecule has 0 amide bonds. The lowest BCUT2D eigenvalue weighted by atomic mass is 10.0. The predicted molar refractivity (Wildman–Crippen MR) is 114 cm³/mol. The zero-order valence-corrected chi connectivity index (χ0v) is 14.2. The van der Waals surface area contributed by atoms with Crippen molar-refractivity contribution in [1.29, 1.82) is 0 Å². The molecule has 0 N–H and O–H groups in total. The topological polar surface area (TPSA) is 0 Å². The average Bonchev–Trinajstić information content (AvgIpc) is 2.33. The fraction of sp³-hybridized carbons (Fsp3) is 0.818. The van der Waals surface area contributed by atoms with Crippen molar-refractivity contribution in [1.82, 2.24) is 0 Å². The minimum absolute atomic E-state index is 0. The SMILES string of the molecule is C.C.C.C.CCC/C=C(/C)C(C)C.CCCCC(C)=C(C)C. The minimum Gasteiger partial charge on any atom is -0.0854 e. The van der Waals surface area contributed by atoms with Crippen LogP contribution in [-0.4, -0.2) is 0 Å². The average molecular weight is 317 g/mol. The first-order valence-corrected chi connectivity index (χ1v) is 7.66. The number of hydrogen-bond acceptors (Lipinski definition) is 0. The summed E-state index contributed by atoms with van der Waals surface area (Å²) in [7, 11) is 0. The fourth-order valence-corrected chi connectivity index (χ4v) is 1.30. The Balaban J connectivity index is -0.0000000492. The summed E-state index contributed by atoms with van der Waals surface area (Å²) in [5.74, 6) is 0.733. The van der Waals surface area contributed by atoms with E-state index in [1.54, 1.807) is 5.57 Å². The zero-order chi connectivity index (χ0) is 14.6. The summed E-state index contributed by atoms with van der Waals surface area (Å²) in [6.45, 7) is 17.7. The fourth-order valence-electron chi connectivity index (χ4n) is 1.30. The van der Waals surface area contributed by atoms with E-state index in [1.165, 1.54) is 43.3 Å². The molecule has 0 heterocycles. The Bertz CT molecular complexity index is 237. The summed E-state index contributed by atoms with van der Waals surface area (Å²) >= 11 is 0. The number of hydrogen-bond donors (Lipinski definition) is 0. The van der Waals surface area contributed by atoms with E-state index >= 15 is 0 Å². The van der Waals surface area contributed by atoms with Crippen molar-refractivity contribution in [3.05, 3.63) is 22.8 Å². The number of allylic oxidation sites excluding steroid dienone is 4. The lowest BCUT2D eigenvalue weighted by Crippen LogP contribution is -1.87. The quantitative estimate of drug-likeness (QED) is 0.428. The van der Waals surface area contributed by atoms with E-state index < -0.39 is 0 Å². The summed E-state index contributed by atoms with van der Waals surface area (Å²) in [4.78, 5) is 0. The molecular formula is C22H52. The highest BCUT2D eigenvalue weighted by Gasteiger charge is 1.92. The Morgan fingerprint density at radius 1 is 0.818 bits per heavy atom. The van der Waals surface area contributed by atoms with Crippen LogP contribution in [0.4, 0.5) is 0 Å². The van der Waals surface area contributed by atoms with Crippen LogP contribution in [0.1, 0.15) is 117 Å². The first kappa shape index (κ1) is 37.6. The van der Waals surface area contributed by atoms with Gasteiger partial charge in [0.05, 0.1) is 0 Å². The minimum atomic E-state index is 0. The molecule has 140 valence electrons. The number of unbranched alkanes of at least 4 members (excludes halogenated alkanes) is 2. The summed E-state index contributed by atoms with van der Waals surface area (Å²) < 4.78 is 0. The van der Waals surface area contributed by atoms with Crippen LogP contribution in [0.5, 0.6) is 0 Å². The molecule has 0 unspecified atom stereocenters. The van der Waals surface area contributed by atoms with E-state index in [9.17, 15) is 0 Å². The van der Waals surface area contributed by atoms with Gasteiger partial charge >= 0.3 is 0 Å². The molecule has 0 heteroatoms. The van der Waals surface area contributed by atoms with Gasteiger partial charge < -0.3 is 0 Å². The maximum absolute atomic E-state index is 2.34. The highest BCUT2D eigenvalue weighted by molar-refractivity contribution is 5.06. The standard InChI is InChI=1S/2C9H18.4CH4/c2*1-5-6-7-9(4)8(2)3;;;;/h5-7H2,1-4H3;7-8H,5-6H2,1-4H3;4*1H4/b;9-7-;;;;. The van der Waals surface area contributed by atoms with Crippen molar-refractivity contribution in [2.75, 3.05) is 0 Å². The highest BCUT2D eigenvalue weighted by atomic mass is 14.0. The summed E-state index contributed by atoms with van der Waals surface area (Å²) in [6, 6.07) is 0. The Hall–Kier alpha value is -0.520. The van der Waals surface area contributed by atoms with Crippen molar-refractivity contribution in [2.45, 2.75) is 117 Å². The van der Waals surface area contributed by atoms with E-state index in [0.29, 0.717) is 0 Å². The maximum atomic E-state index is 2.34. The summed E-state index contributed by atoms with van der Waals surface area (Å²) in [6.07, 6.45) is 8.79. The van der Waals surface area contributed by atoms with E-state index in [-0.39, 0.29) is 29.7 Å². The Labute approximate surface area is 146 Å². The van der Waals surface area contributed by atoms with Gasteiger partial charge in [-0.15, -0.1) is 0 Å². The second-order valence-corrected chi connectivity index (χ2v) is 5.78. The lowest BCUT2D eigenvalue weighted by molar-refractivity contribution is 0.757. The molecule has 0 radical (unpaired) electrons. The summed E-state index contributed by atoms with van der Waals surface area (Å²) in [5.41, 5.74) is 4.58. The van der Waals surface area contributed by atoms with Crippen LogP contribution in [0, 0.1) is 5.92 Å². The molecule has 0 aromatic rings.